The number of tetrazole rings is 1. The van der Waals surface area contributed by atoms with Crippen LogP contribution in [0.25, 0.3) is 11.4 Å². The summed E-state index contributed by atoms with van der Waals surface area (Å²) in [6, 6.07) is 11.2. The molecule has 0 aliphatic heterocycles. The van der Waals surface area contributed by atoms with Gasteiger partial charge in [-0.05, 0) is 31.2 Å². The molecule has 3 aromatic rings. The Morgan fingerprint density at radius 1 is 1.30 bits per heavy atom. The van der Waals surface area contributed by atoms with E-state index in [0.29, 0.717) is 11.6 Å². The summed E-state index contributed by atoms with van der Waals surface area (Å²) in [5, 5.41) is 15.0. The summed E-state index contributed by atoms with van der Waals surface area (Å²) in [6.07, 6.45) is 1.57. The minimum atomic E-state index is -0.211. The zero-order chi connectivity index (χ0) is 16.2. The standard InChI is InChI=1S/C16H17N5O2/c1-11-5-7-13(8-6-11)16-18-20-21(19-16)10-15(22)17-12(2)14-4-3-9-23-14/h3-9,12H,10H2,1-2H3,(H,17,22). The summed E-state index contributed by atoms with van der Waals surface area (Å²) in [4.78, 5) is 13.3. The van der Waals surface area contributed by atoms with Gasteiger partial charge in [0.15, 0.2) is 0 Å². The maximum Gasteiger partial charge on any atom is 0.244 e. The number of rotatable bonds is 5. The van der Waals surface area contributed by atoms with Crippen molar-refractivity contribution < 1.29 is 9.21 Å². The number of hydrogen-bond donors (Lipinski definition) is 1. The molecule has 0 saturated carbocycles. The molecule has 1 unspecified atom stereocenters. The molecule has 3 rings (SSSR count). The van der Waals surface area contributed by atoms with Gasteiger partial charge >= 0.3 is 0 Å². The van der Waals surface area contributed by atoms with Crippen LogP contribution in [0.2, 0.25) is 0 Å². The average Bonchev–Trinajstić information content (AvgIpc) is 3.19. The van der Waals surface area contributed by atoms with E-state index in [9.17, 15) is 4.79 Å². The topological polar surface area (TPSA) is 85.8 Å². The number of hydrogen-bond acceptors (Lipinski definition) is 5. The van der Waals surface area contributed by atoms with Gasteiger partial charge in [0.2, 0.25) is 11.7 Å². The first-order chi connectivity index (χ1) is 11.1. The van der Waals surface area contributed by atoms with Crippen molar-refractivity contribution in [2.75, 3.05) is 0 Å². The van der Waals surface area contributed by atoms with Crippen LogP contribution in [0.4, 0.5) is 0 Å². The van der Waals surface area contributed by atoms with Crippen LogP contribution in [-0.4, -0.2) is 26.1 Å². The third kappa shape index (κ3) is 3.63. The molecule has 1 N–H and O–H groups in total. The van der Waals surface area contributed by atoms with Gasteiger partial charge in [-0.1, -0.05) is 29.8 Å². The van der Waals surface area contributed by atoms with Gasteiger partial charge < -0.3 is 9.73 Å². The first-order valence-corrected chi connectivity index (χ1v) is 7.29. The number of amides is 1. The molecule has 7 nitrogen and oxygen atoms in total. The number of nitrogens with one attached hydrogen (secondary N) is 1. The van der Waals surface area contributed by atoms with Crippen molar-refractivity contribution >= 4 is 5.91 Å². The smallest absolute Gasteiger partial charge is 0.244 e. The lowest BCUT2D eigenvalue weighted by Crippen LogP contribution is -2.30. The van der Waals surface area contributed by atoms with Crippen molar-refractivity contribution in [2.24, 2.45) is 0 Å². The molecule has 2 heterocycles. The van der Waals surface area contributed by atoms with Crippen LogP contribution in [-0.2, 0) is 11.3 Å². The number of aryl methyl sites for hydroxylation is 1. The molecule has 1 amide bonds. The van der Waals surface area contributed by atoms with Crippen LogP contribution in [0.1, 0.15) is 24.3 Å². The van der Waals surface area contributed by atoms with Gasteiger partial charge in [0, 0.05) is 5.56 Å². The van der Waals surface area contributed by atoms with Crippen LogP contribution in [0, 0.1) is 6.92 Å². The van der Waals surface area contributed by atoms with Gasteiger partial charge in [0.1, 0.15) is 12.3 Å². The molecule has 0 fully saturated rings. The highest BCUT2D eigenvalue weighted by Crippen LogP contribution is 2.14. The molecule has 0 aliphatic carbocycles. The second-order valence-electron chi connectivity index (χ2n) is 5.31. The Morgan fingerprint density at radius 3 is 2.78 bits per heavy atom. The molecule has 1 aromatic carbocycles. The predicted molar refractivity (Wildman–Crippen MR) is 83.3 cm³/mol. The van der Waals surface area contributed by atoms with Crippen molar-refractivity contribution in [3.05, 3.63) is 54.0 Å². The summed E-state index contributed by atoms with van der Waals surface area (Å²) in [5.41, 5.74) is 2.03. The molecule has 23 heavy (non-hydrogen) atoms. The number of carbonyl (C=O) groups is 1. The monoisotopic (exact) mass is 311 g/mol. The van der Waals surface area contributed by atoms with Crippen molar-refractivity contribution in [3.63, 3.8) is 0 Å². The number of carbonyl (C=O) groups excluding carboxylic acids is 1. The second-order valence-corrected chi connectivity index (χ2v) is 5.31. The van der Waals surface area contributed by atoms with E-state index < -0.39 is 0 Å². The number of benzene rings is 1. The molecule has 0 bridgehead atoms. The quantitative estimate of drug-likeness (QED) is 0.780. The average molecular weight is 311 g/mol. The zero-order valence-electron chi connectivity index (χ0n) is 12.9. The Balaban J connectivity index is 1.62. The van der Waals surface area contributed by atoms with Crippen LogP contribution >= 0.6 is 0 Å². The minimum Gasteiger partial charge on any atom is -0.467 e. The minimum absolute atomic E-state index is 0.00388. The van der Waals surface area contributed by atoms with E-state index in [1.165, 1.54) is 4.80 Å². The normalized spacial score (nSPS) is 12.1. The molecule has 7 heteroatoms. The molecule has 0 spiro atoms. The fraction of sp³-hybridized carbons (Fsp3) is 0.250. The fourth-order valence-corrected chi connectivity index (χ4v) is 2.15. The Bertz CT molecular complexity index is 777. The van der Waals surface area contributed by atoms with Crippen molar-refractivity contribution in [3.8, 4) is 11.4 Å². The lowest BCUT2D eigenvalue weighted by Gasteiger charge is -2.10. The van der Waals surface area contributed by atoms with Crippen molar-refractivity contribution in [1.29, 1.82) is 0 Å². The molecule has 2 aromatic heterocycles. The van der Waals surface area contributed by atoms with E-state index in [1.54, 1.807) is 12.3 Å². The molecule has 0 radical (unpaired) electrons. The van der Waals surface area contributed by atoms with E-state index in [2.05, 4.69) is 20.7 Å². The largest absolute Gasteiger partial charge is 0.467 e. The first-order valence-electron chi connectivity index (χ1n) is 7.29. The summed E-state index contributed by atoms with van der Waals surface area (Å²) >= 11 is 0. The van der Waals surface area contributed by atoms with Gasteiger partial charge in [0.05, 0.1) is 12.3 Å². The second kappa shape index (κ2) is 6.43. The zero-order valence-corrected chi connectivity index (χ0v) is 12.9. The van der Waals surface area contributed by atoms with Crippen molar-refractivity contribution in [1.82, 2.24) is 25.5 Å². The van der Waals surface area contributed by atoms with Gasteiger partial charge in [-0.3, -0.25) is 4.79 Å². The maximum absolute atomic E-state index is 12.0. The third-order valence-electron chi connectivity index (χ3n) is 3.40. The lowest BCUT2D eigenvalue weighted by atomic mass is 10.1. The summed E-state index contributed by atoms with van der Waals surface area (Å²) in [5.74, 6) is 0.990. The Morgan fingerprint density at radius 2 is 2.09 bits per heavy atom. The van der Waals surface area contributed by atoms with Gasteiger partial charge in [-0.15, -0.1) is 10.2 Å². The van der Waals surface area contributed by atoms with E-state index in [0.717, 1.165) is 11.1 Å². The van der Waals surface area contributed by atoms with Crippen LogP contribution in [0.3, 0.4) is 0 Å². The Kier molecular flexibility index (Phi) is 4.18. The molecule has 0 saturated heterocycles. The molecule has 118 valence electrons. The summed E-state index contributed by atoms with van der Waals surface area (Å²) < 4.78 is 5.25. The molecular weight excluding hydrogens is 294 g/mol. The van der Waals surface area contributed by atoms with E-state index >= 15 is 0 Å². The Labute approximate surface area is 133 Å². The Hall–Kier alpha value is -2.96. The third-order valence-corrected chi connectivity index (χ3v) is 3.40. The SMILES string of the molecule is Cc1ccc(-c2nnn(CC(=O)NC(C)c3ccco3)n2)cc1. The van der Waals surface area contributed by atoms with Crippen LogP contribution < -0.4 is 5.32 Å². The highest BCUT2D eigenvalue weighted by atomic mass is 16.3. The number of aromatic nitrogens is 4. The first kappa shape index (κ1) is 15.0. The van der Waals surface area contributed by atoms with Crippen molar-refractivity contribution in [2.45, 2.75) is 26.4 Å². The fourth-order valence-electron chi connectivity index (χ4n) is 2.15. The summed E-state index contributed by atoms with van der Waals surface area (Å²) in [6.45, 7) is 3.87. The van der Waals surface area contributed by atoms with Crippen LogP contribution in [0.15, 0.2) is 47.1 Å². The highest BCUT2D eigenvalue weighted by molar-refractivity contribution is 5.75. The van der Waals surface area contributed by atoms with Gasteiger partial charge in [-0.2, -0.15) is 4.80 Å². The van der Waals surface area contributed by atoms with E-state index in [1.807, 2.05) is 44.2 Å². The molecule has 1 atom stereocenters. The highest BCUT2D eigenvalue weighted by Gasteiger charge is 2.14. The van der Waals surface area contributed by atoms with E-state index in [4.69, 9.17) is 4.42 Å². The van der Waals surface area contributed by atoms with Gasteiger partial charge in [-0.25, -0.2) is 0 Å². The number of furan rings is 1. The van der Waals surface area contributed by atoms with Crippen LogP contribution in [0.5, 0.6) is 0 Å². The lowest BCUT2D eigenvalue weighted by molar-refractivity contribution is -0.122. The number of nitrogens with zero attached hydrogens (tertiary/aromatic N) is 4. The summed E-state index contributed by atoms with van der Waals surface area (Å²) in [7, 11) is 0. The maximum atomic E-state index is 12.0. The molecular formula is C16H17N5O2. The molecule has 0 aliphatic rings. The van der Waals surface area contributed by atoms with E-state index in [-0.39, 0.29) is 18.5 Å². The van der Waals surface area contributed by atoms with Gasteiger partial charge in [0.25, 0.3) is 0 Å². The predicted octanol–water partition coefficient (Wildman–Crippen LogP) is 2.12.